The largest absolute Gasteiger partial charge is 0.439 e. The maximum Gasteiger partial charge on any atom is 0.417 e. The molecule has 1 N–H and O–H groups in total. The van der Waals surface area contributed by atoms with E-state index in [0.717, 1.165) is 17.0 Å². The number of hydrogen-bond acceptors (Lipinski definition) is 4. The lowest BCUT2D eigenvalue weighted by Gasteiger charge is -2.23. The van der Waals surface area contributed by atoms with E-state index in [1.165, 1.54) is 12.1 Å². The molecule has 0 spiro atoms. The van der Waals surface area contributed by atoms with Crippen molar-refractivity contribution in [1.82, 2.24) is 10.2 Å². The second-order valence-electron chi connectivity index (χ2n) is 6.04. The molecule has 28 heavy (non-hydrogen) atoms. The highest BCUT2D eigenvalue weighted by molar-refractivity contribution is 5.98. The number of halogens is 3. The number of ether oxygens (including phenoxy) is 1. The van der Waals surface area contributed by atoms with Crippen LogP contribution in [-0.2, 0) is 15.7 Å². The lowest BCUT2D eigenvalue weighted by molar-refractivity contribution is -0.138. The van der Waals surface area contributed by atoms with Gasteiger partial charge in [-0.15, -0.1) is 0 Å². The van der Waals surface area contributed by atoms with E-state index in [0.29, 0.717) is 5.56 Å². The molecule has 0 aromatic heterocycles. The van der Waals surface area contributed by atoms with Gasteiger partial charge >= 0.3 is 12.3 Å². The van der Waals surface area contributed by atoms with Crippen LogP contribution in [0.5, 0.6) is 0 Å². The zero-order valence-electron chi connectivity index (χ0n) is 14.4. The maximum atomic E-state index is 13.2. The lowest BCUT2D eigenvalue weighted by Crippen LogP contribution is -2.40. The number of rotatable bonds is 5. The summed E-state index contributed by atoms with van der Waals surface area (Å²) in [5, 5.41) is 2.49. The summed E-state index contributed by atoms with van der Waals surface area (Å²) < 4.78 is 44.3. The highest BCUT2D eigenvalue weighted by Crippen LogP contribution is 2.32. The first-order valence-electron chi connectivity index (χ1n) is 8.26. The van der Waals surface area contributed by atoms with Crippen molar-refractivity contribution < 1.29 is 32.3 Å². The lowest BCUT2D eigenvalue weighted by atomic mass is 10.0. The van der Waals surface area contributed by atoms with E-state index in [2.05, 4.69) is 10.1 Å². The van der Waals surface area contributed by atoms with E-state index in [9.17, 15) is 27.6 Å². The SMILES string of the molecule is O=C(NC(CN1C(=O)COC1=O)c1ccccc1)c1ccccc1C(F)(F)F. The smallest absolute Gasteiger partial charge is 0.417 e. The summed E-state index contributed by atoms with van der Waals surface area (Å²) in [5.41, 5.74) is -1.10. The van der Waals surface area contributed by atoms with Crippen molar-refractivity contribution in [3.05, 3.63) is 71.3 Å². The first-order chi connectivity index (χ1) is 13.3. The predicted octanol–water partition coefficient (Wildman–Crippen LogP) is 3.16. The molecule has 1 unspecified atom stereocenters. The summed E-state index contributed by atoms with van der Waals surface area (Å²) in [6.07, 6.45) is -5.57. The first kappa shape index (κ1) is 19.4. The summed E-state index contributed by atoms with van der Waals surface area (Å²) in [7, 11) is 0. The summed E-state index contributed by atoms with van der Waals surface area (Å²) in [5.74, 6) is -1.56. The number of benzene rings is 2. The van der Waals surface area contributed by atoms with Crippen LogP contribution in [0.3, 0.4) is 0 Å². The molecule has 1 atom stereocenters. The number of hydrogen-bond donors (Lipinski definition) is 1. The fourth-order valence-electron chi connectivity index (χ4n) is 2.82. The van der Waals surface area contributed by atoms with Gasteiger partial charge in [-0.05, 0) is 17.7 Å². The number of cyclic esters (lactones) is 1. The van der Waals surface area contributed by atoms with Crippen LogP contribution in [-0.4, -0.2) is 36.0 Å². The van der Waals surface area contributed by atoms with Gasteiger partial charge in [-0.2, -0.15) is 13.2 Å². The Kier molecular flexibility index (Phi) is 5.34. The van der Waals surface area contributed by atoms with Crippen molar-refractivity contribution in [2.45, 2.75) is 12.2 Å². The molecule has 0 aliphatic carbocycles. The minimum absolute atomic E-state index is 0.262. The molecule has 3 amide bonds. The molecule has 3 rings (SSSR count). The number of carbonyl (C=O) groups is 3. The third kappa shape index (κ3) is 4.13. The molecule has 0 radical (unpaired) electrons. The van der Waals surface area contributed by atoms with E-state index in [-0.39, 0.29) is 6.54 Å². The van der Waals surface area contributed by atoms with E-state index in [4.69, 9.17) is 0 Å². The Hall–Kier alpha value is -3.36. The molecule has 9 heteroatoms. The van der Waals surface area contributed by atoms with Crippen molar-refractivity contribution in [2.24, 2.45) is 0 Å². The van der Waals surface area contributed by atoms with Crippen LogP contribution in [0.4, 0.5) is 18.0 Å². The molecule has 146 valence electrons. The molecule has 0 saturated carbocycles. The molecule has 2 aromatic carbocycles. The highest BCUT2D eigenvalue weighted by Gasteiger charge is 2.37. The molecule has 1 saturated heterocycles. The Morgan fingerprint density at radius 2 is 1.71 bits per heavy atom. The minimum atomic E-state index is -4.70. The van der Waals surface area contributed by atoms with Crippen LogP contribution < -0.4 is 5.32 Å². The van der Waals surface area contributed by atoms with Gasteiger partial charge in [0.1, 0.15) is 0 Å². The van der Waals surface area contributed by atoms with Crippen LogP contribution in [0.1, 0.15) is 27.5 Å². The number of alkyl halides is 3. The Balaban J connectivity index is 1.89. The van der Waals surface area contributed by atoms with E-state index in [1.807, 2.05) is 0 Å². The molecular weight excluding hydrogens is 377 g/mol. The van der Waals surface area contributed by atoms with Crippen LogP contribution >= 0.6 is 0 Å². The van der Waals surface area contributed by atoms with Crippen molar-refractivity contribution in [3.63, 3.8) is 0 Å². The molecule has 1 heterocycles. The number of carbonyl (C=O) groups excluding carboxylic acids is 3. The zero-order valence-corrected chi connectivity index (χ0v) is 14.4. The average Bonchev–Trinajstić information content (AvgIpc) is 2.99. The predicted molar refractivity (Wildman–Crippen MR) is 91.2 cm³/mol. The molecule has 1 fully saturated rings. The Bertz CT molecular complexity index is 884. The fraction of sp³-hybridized carbons (Fsp3) is 0.211. The van der Waals surface area contributed by atoms with Crippen molar-refractivity contribution in [1.29, 1.82) is 0 Å². The average molecular weight is 392 g/mol. The summed E-state index contributed by atoms with van der Waals surface area (Å²) in [4.78, 5) is 36.9. The highest BCUT2D eigenvalue weighted by atomic mass is 19.4. The second-order valence-corrected chi connectivity index (χ2v) is 6.04. The Morgan fingerprint density at radius 3 is 2.32 bits per heavy atom. The third-order valence-electron chi connectivity index (χ3n) is 4.19. The van der Waals surface area contributed by atoms with Crippen molar-refractivity contribution in [3.8, 4) is 0 Å². The number of nitrogens with zero attached hydrogens (tertiary/aromatic N) is 1. The van der Waals surface area contributed by atoms with Gasteiger partial charge in [-0.3, -0.25) is 9.59 Å². The van der Waals surface area contributed by atoms with E-state index in [1.54, 1.807) is 30.3 Å². The van der Waals surface area contributed by atoms with Gasteiger partial charge in [0.2, 0.25) is 0 Å². The van der Waals surface area contributed by atoms with Gasteiger partial charge in [0.15, 0.2) is 6.61 Å². The zero-order chi connectivity index (χ0) is 20.3. The quantitative estimate of drug-likeness (QED) is 0.848. The topological polar surface area (TPSA) is 75.7 Å². The number of amides is 3. The Morgan fingerprint density at radius 1 is 1.07 bits per heavy atom. The van der Waals surface area contributed by atoms with Crippen LogP contribution in [0, 0.1) is 0 Å². The van der Waals surface area contributed by atoms with Crippen molar-refractivity contribution >= 4 is 17.9 Å². The molecule has 1 aliphatic heterocycles. The third-order valence-corrected chi connectivity index (χ3v) is 4.19. The van der Waals surface area contributed by atoms with Gasteiger partial charge in [0, 0.05) is 0 Å². The monoisotopic (exact) mass is 392 g/mol. The fourth-order valence-corrected chi connectivity index (χ4v) is 2.82. The van der Waals surface area contributed by atoms with Crippen LogP contribution in [0.2, 0.25) is 0 Å². The number of nitrogens with one attached hydrogen (secondary N) is 1. The van der Waals surface area contributed by atoms with Crippen molar-refractivity contribution in [2.75, 3.05) is 13.2 Å². The molecular formula is C19H15F3N2O4. The summed E-state index contributed by atoms with van der Waals surface area (Å²) in [6, 6.07) is 11.8. The molecule has 0 bridgehead atoms. The van der Waals surface area contributed by atoms with Gasteiger partial charge in [-0.25, -0.2) is 9.69 Å². The van der Waals surface area contributed by atoms with Gasteiger partial charge in [-0.1, -0.05) is 42.5 Å². The van der Waals surface area contributed by atoms with E-state index < -0.39 is 47.9 Å². The first-order valence-corrected chi connectivity index (χ1v) is 8.26. The van der Waals surface area contributed by atoms with Gasteiger partial charge in [0.05, 0.1) is 23.7 Å². The van der Waals surface area contributed by atoms with E-state index >= 15 is 0 Å². The van der Waals surface area contributed by atoms with Gasteiger partial charge in [0.25, 0.3) is 11.8 Å². The maximum absolute atomic E-state index is 13.2. The van der Waals surface area contributed by atoms with Gasteiger partial charge < -0.3 is 10.1 Å². The summed E-state index contributed by atoms with van der Waals surface area (Å²) >= 11 is 0. The number of imide groups is 1. The normalized spacial score (nSPS) is 15.3. The molecule has 2 aromatic rings. The Labute approximate surface area is 157 Å². The molecule has 1 aliphatic rings. The standard InChI is InChI=1S/C19H15F3N2O4/c20-19(21,22)14-9-5-4-8-13(14)17(26)23-15(12-6-2-1-3-7-12)10-24-16(25)11-28-18(24)27/h1-9,15H,10-11H2,(H,23,26). The second kappa shape index (κ2) is 7.71. The minimum Gasteiger partial charge on any atom is -0.439 e. The summed E-state index contributed by atoms with van der Waals surface area (Å²) in [6.45, 7) is -0.674. The van der Waals surface area contributed by atoms with Crippen LogP contribution in [0.25, 0.3) is 0 Å². The molecule has 6 nitrogen and oxygen atoms in total. The van der Waals surface area contributed by atoms with Crippen LogP contribution in [0.15, 0.2) is 54.6 Å².